The molecular formula is C24H23ClN4O4S. The molecule has 34 heavy (non-hydrogen) atoms. The Morgan fingerprint density at radius 3 is 2.68 bits per heavy atom. The van der Waals surface area contributed by atoms with Crippen LogP contribution in [0.4, 0.5) is 5.69 Å². The molecule has 0 spiro atoms. The zero-order chi connectivity index (χ0) is 24.1. The first-order valence-corrected chi connectivity index (χ1v) is 11.9. The number of amides is 1. The Hall–Kier alpha value is -3.43. The van der Waals surface area contributed by atoms with Crippen LogP contribution in [0.2, 0.25) is 5.02 Å². The number of nitrogens with one attached hydrogen (secondary N) is 1. The van der Waals surface area contributed by atoms with Crippen LogP contribution in [0.5, 0.6) is 11.5 Å². The molecule has 4 rings (SSSR count). The van der Waals surface area contributed by atoms with Crippen molar-refractivity contribution in [1.82, 2.24) is 14.8 Å². The van der Waals surface area contributed by atoms with Crippen LogP contribution < -0.4 is 14.8 Å². The molecule has 0 saturated heterocycles. The number of rotatable bonds is 9. The molecule has 0 fully saturated rings. The summed E-state index contributed by atoms with van der Waals surface area (Å²) in [6, 6.07) is 14.6. The summed E-state index contributed by atoms with van der Waals surface area (Å²) in [7, 11) is 1.53. The van der Waals surface area contributed by atoms with Crippen molar-refractivity contribution in [3.8, 4) is 28.8 Å². The number of methoxy groups -OCH3 is 1. The Morgan fingerprint density at radius 2 is 2.00 bits per heavy atom. The van der Waals surface area contributed by atoms with Crippen molar-refractivity contribution >= 4 is 35.0 Å². The molecular weight excluding hydrogens is 476 g/mol. The molecule has 0 radical (unpaired) electrons. The van der Waals surface area contributed by atoms with Gasteiger partial charge < -0.3 is 19.2 Å². The Labute approximate surface area is 206 Å². The van der Waals surface area contributed by atoms with Crippen LogP contribution in [0.15, 0.2) is 64.4 Å². The van der Waals surface area contributed by atoms with Gasteiger partial charge in [-0.15, -0.1) is 10.2 Å². The SMILES string of the molecule is CCOc1ccc(-n2c(SCC(=O)Nc3cc(C)c(Cl)cc3OC)nnc2-c2ccco2)cc1. The molecule has 2 heterocycles. The van der Waals surface area contributed by atoms with Crippen molar-refractivity contribution in [3.05, 3.63) is 65.4 Å². The maximum Gasteiger partial charge on any atom is 0.234 e. The predicted octanol–water partition coefficient (Wildman–Crippen LogP) is 5.63. The minimum absolute atomic E-state index is 0.109. The fourth-order valence-corrected chi connectivity index (χ4v) is 4.17. The van der Waals surface area contributed by atoms with Gasteiger partial charge in [0.15, 0.2) is 10.9 Å². The van der Waals surface area contributed by atoms with E-state index >= 15 is 0 Å². The highest BCUT2D eigenvalue weighted by molar-refractivity contribution is 7.99. The summed E-state index contributed by atoms with van der Waals surface area (Å²) in [5.41, 5.74) is 2.21. The van der Waals surface area contributed by atoms with E-state index in [-0.39, 0.29) is 11.7 Å². The molecule has 0 unspecified atom stereocenters. The average Bonchev–Trinajstić information content (AvgIpc) is 3.50. The van der Waals surface area contributed by atoms with Crippen LogP contribution >= 0.6 is 23.4 Å². The van der Waals surface area contributed by atoms with Gasteiger partial charge in [0.1, 0.15) is 11.5 Å². The second-order valence-corrected chi connectivity index (χ2v) is 8.53. The maximum absolute atomic E-state index is 12.7. The molecule has 176 valence electrons. The number of hydrogen-bond donors (Lipinski definition) is 1. The number of anilines is 1. The lowest BCUT2D eigenvalue weighted by molar-refractivity contribution is -0.113. The van der Waals surface area contributed by atoms with Gasteiger partial charge in [0.2, 0.25) is 11.7 Å². The molecule has 0 aliphatic heterocycles. The van der Waals surface area contributed by atoms with E-state index in [4.69, 9.17) is 25.5 Å². The number of nitrogens with zero attached hydrogens (tertiary/aromatic N) is 3. The van der Waals surface area contributed by atoms with Gasteiger partial charge in [0, 0.05) is 11.1 Å². The monoisotopic (exact) mass is 498 g/mol. The minimum Gasteiger partial charge on any atom is -0.495 e. The highest BCUT2D eigenvalue weighted by Crippen LogP contribution is 2.32. The van der Waals surface area contributed by atoms with E-state index in [2.05, 4.69) is 15.5 Å². The Bertz CT molecular complexity index is 1270. The molecule has 2 aromatic heterocycles. The standard InChI is InChI=1S/C24H23ClN4O4S/c1-4-32-17-9-7-16(8-10-17)29-23(20-6-5-11-33-20)27-28-24(29)34-14-22(30)26-19-12-15(2)18(25)13-21(19)31-3/h5-13H,4,14H2,1-3H3,(H,26,30). The van der Waals surface area contributed by atoms with Crippen molar-refractivity contribution in [2.45, 2.75) is 19.0 Å². The molecule has 0 aliphatic carbocycles. The van der Waals surface area contributed by atoms with E-state index in [1.54, 1.807) is 24.5 Å². The van der Waals surface area contributed by atoms with Gasteiger partial charge in [-0.25, -0.2) is 0 Å². The van der Waals surface area contributed by atoms with E-state index in [1.807, 2.05) is 48.7 Å². The minimum atomic E-state index is -0.217. The Morgan fingerprint density at radius 1 is 1.21 bits per heavy atom. The van der Waals surface area contributed by atoms with Crippen LogP contribution in [-0.4, -0.2) is 40.1 Å². The molecule has 0 aliphatic rings. The van der Waals surface area contributed by atoms with Gasteiger partial charge in [-0.2, -0.15) is 0 Å². The van der Waals surface area contributed by atoms with E-state index in [0.29, 0.717) is 39.8 Å². The van der Waals surface area contributed by atoms with Crippen molar-refractivity contribution in [2.24, 2.45) is 0 Å². The molecule has 0 atom stereocenters. The molecule has 0 saturated carbocycles. The molecule has 10 heteroatoms. The van der Waals surface area contributed by atoms with Gasteiger partial charge in [-0.1, -0.05) is 23.4 Å². The van der Waals surface area contributed by atoms with Crippen molar-refractivity contribution in [3.63, 3.8) is 0 Å². The summed E-state index contributed by atoms with van der Waals surface area (Å²) in [5, 5.41) is 12.6. The van der Waals surface area contributed by atoms with Crippen LogP contribution in [0.1, 0.15) is 12.5 Å². The summed E-state index contributed by atoms with van der Waals surface area (Å²) in [6.45, 7) is 4.38. The average molecular weight is 499 g/mol. The Kier molecular flexibility index (Phi) is 7.44. The summed E-state index contributed by atoms with van der Waals surface area (Å²) < 4.78 is 18.3. The third kappa shape index (κ3) is 5.21. The van der Waals surface area contributed by atoms with Gasteiger partial charge in [-0.3, -0.25) is 9.36 Å². The van der Waals surface area contributed by atoms with Gasteiger partial charge in [0.25, 0.3) is 0 Å². The highest BCUT2D eigenvalue weighted by Gasteiger charge is 2.19. The van der Waals surface area contributed by atoms with E-state index < -0.39 is 0 Å². The molecule has 2 aromatic carbocycles. The fraction of sp³-hybridized carbons (Fsp3) is 0.208. The topological polar surface area (TPSA) is 91.4 Å². The number of benzene rings is 2. The molecule has 4 aromatic rings. The second kappa shape index (κ2) is 10.7. The van der Waals surface area contributed by atoms with Crippen LogP contribution in [0, 0.1) is 6.92 Å². The third-order valence-electron chi connectivity index (χ3n) is 4.87. The normalized spacial score (nSPS) is 10.8. The first-order valence-electron chi connectivity index (χ1n) is 10.5. The van der Waals surface area contributed by atoms with Gasteiger partial charge >= 0.3 is 0 Å². The lowest BCUT2D eigenvalue weighted by Crippen LogP contribution is -2.15. The molecule has 1 N–H and O–H groups in total. The number of aromatic nitrogens is 3. The summed E-state index contributed by atoms with van der Waals surface area (Å²) in [5.74, 6) is 2.25. The number of aryl methyl sites for hydroxylation is 1. The molecule has 8 nitrogen and oxygen atoms in total. The van der Waals surface area contributed by atoms with Crippen LogP contribution in [-0.2, 0) is 4.79 Å². The van der Waals surface area contributed by atoms with Gasteiger partial charge in [0.05, 0.1) is 37.1 Å². The van der Waals surface area contributed by atoms with Crippen molar-refractivity contribution in [1.29, 1.82) is 0 Å². The lowest BCUT2D eigenvalue weighted by Gasteiger charge is -2.13. The number of furan rings is 1. The zero-order valence-corrected chi connectivity index (χ0v) is 20.4. The van der Waals surface area contributed by atoms with E-state index in [0.717, 1.165) is 17.0 Å². The number of hydrogen-bond acceptors (Lipinski definition) is 7. The third-order valence-corrected chi connectivity index (χ3v) is 6.20. The number of halogens is 1. The molecule has 1 amide bonds. The largest absolute Gasteiger partial charge is 0.495 e. The zero-order valence-electron chi connectivity index (χ0n) is 18.9. The summed E-state index contributed by atoms with van der Waals surface area (Å²) in [4.78, 5) is 12.7. The number of carbonyl (C=O) groups excluding carboxylic acids is 1. The predicted molar refractivity (Wildman–Crippen MR) is 132 cm³/mol. The van der Waals surface area contributed by atoms with E-state index in [9.17, 15) is 4.79 Å². The fourth-order valence-electron chi connectivity index (χ4n) is 3.27. The summed E-state index contributed by atoms with van der Waals surface area (Å²) in [6.07, 6.45) is 1.58. The lowest BCUT2D eigenvalue weighted by atomic mass is 10.2. The van der Waals surface area contributed by atoms with Crippen LogP contribution in [0.3, 0.4) is 0 Å². The van der Waals surface area contributed by atoms with E-state index in [1.165, 1.54) is 18.9 Å². The molecule has 0 bridgehead atoms. The first-order chi connectivity index (χ1) is 16.5. The van der Waals surface area contributed by atoms with Crippen molar-refractivity contribution < 1.29 is 18.7 Å². The summed E-state index contributed by atoms with van der Waals surface area (Å²) >= 11 is 7.42. The number of ether oxygens (including phenoxy) is 2. The highest BCUT2D eigenvalue weighted by atomic mass is 35.5. The van der Waals surface area contributed by atoms with Crippen LogP contribution in [0.25, 0.3) is 17.3 Å². The van der Waals surface area contributed by atoms with Crippen molar-refractivity contribution in [2.75, 3.05) is 24.8 Å². The Balaban J connectivity index is 1.56. The first kappa shape index (κ1) is 23.7. The second-order valence-electron chi connectivity index (χ2n) is 7.18. The number of carbonyl (C=O) groups is 1. The maximum atomic E-state index is 12.7. The number of thioether (sulfide) groups is 1. The van der Waals surface area contributed by atoms with Gasteiger partial charge in [-0.05, 0) is 61.9 Å². The quantitative estimate of drug-likeness (QED) is 0.299. The smallest absolute Gasteiger partial charge is 0.234 e.